The van der Waals surface area contributed by atoms with Gasteiger partial charge in [-0.15, -0.1) is 5.10 Å². The van der Waals surface area contributed by atoms with Crippen molar-refractivity contribution in [2.75, 3.05) is 7.05 Å². The van der Waals surface area contributed by atoms with Gasteiger partial charge in [0.2, 0.25) is 11.6 Å². The van der Waals surface area contributed by atoms with Gasteiger partial charge in [-0.3, -0.25) is 4.79 Å². The quantitative estimate of drug-likeness (QED) is 0.792. The van der Waals surface area contributed by atoms with E-state index < -0.39 is 12.0 Å². The van der Waals surface area contributed by atoms with Gasteiger partial charge in [0, 0.05) is 26.5 Å². The second-order valence-corrected chi connectivity index (χ2v) is 4.19. The van der Waals surface area contributed by atoms with Crippen LogP contribution in [0.3, 0.4) is 0 Å². The molecule has 0 aromatic carbocycles. The molecular formula is C11H14N6O3. The van der Waals surface area contributed by atoms with Crippen molar-refractivity contribution in [3.8, 4) is 11.5 Å². The predicted octanol–water partition coefficient (Wildman–Crippen LogP) is -0.316. The van der Waals surface area contributed by atoms with Crippen LogP contribution in [0.5, 0.6) is 0 Å². The van der Waals surface area contributed by atoms with Crippen LogP contribution < -0.4 is 5.32 Å². The van der Waals surface area contributed by atoms with Gasteiger partial charge >= 0.3 is 5.97 Å². The summed E-state index contributed by atoms with van der Waals surface area (Å²) in [5, 5.41) is 19.1. The number of hydrogen-bond donors (Lipinski definition) is 2. The van der Waals surface area contributed by atoms with E-state index in [-0.39, 0.29) is 17.3 Å². The van der Waals surface area contributed by atoms with Crippen molar-refractivity contribution in [2.24, 2.45) is 7.05 Å². The third kappa shape index (κ3) is 2.13. The van der Waals surface area contributed by atoms with Crippen molar-refractivity contribution < 1.29 is 14.7 Å². The van der Waals surface area contributed by atoms with Gasteiger partial charge < -0.3 is 15.0 Å². The summed E-state index contributed by atoms with van der Waals surface area (Å²) in [7, 11) is 3.21. The number of carbonyl (C=O) groups is 2. The minimum atomic E-state index is -1.22. The fraction of sp³-hybridized carbons (Fsp3) is 0.364. The molecule has 1 unspecified atom stereocenters. The number of imidazole rings is 1. The Hall–Kier alpha value is -2.71. The molecule has 0 aliphatic heterocycles. The number of likely N-dealkylation sites (N-methyl/N-ethyl adjacent to an activating group) is 1. The zero-order valence-corrected chi connectivity index (χ0v) is 11.2. The second kappa shape index (κ2) is 5.11. The maximum Gasteiger partial charge on any atom is 0.358 e. The average Bonchev–Trinajstić information content (AvgIpc) is 3.02. The lowest BCUT2D eigenvalue weighted by Crippen LogP contribution is -2.29. The predicted molar refractivity (Wildman–Crippen MR) is 68.0 cm³/mol. The molecule has 9 heteroatoms. The summed E-state index contributed by atoms with van der Waals surface area (Å²) in [5.74, 6) is -1.15. The van der Waals surface area contributed by atoms with Crippen LogP contribution in [-0.2, 0) is 11.8 Å². The van der Waals surface area contributed by atoms with Gasteiger partial charge in [0.25, 0.3) is 0 Å². The number of carbonyl (C=O) groups excluding carboxylic acids is 1. The number of rotatable bonds is 4. The molecular weight excluding hydrogens is 264 g/mol. The van der Waals surface area contributed by atoms with Gasteiger partial charge in [-0.2, -0.15) is 0 Å². The fourth-order valence-corrected chi connectivity index (χ4v) is 1.83. The van der Waals surface area contributed by atoms with Crippen molar-refractivity contribution in [1.82, 2.24) is 29.9 Å². The third-order valence-electron chi connectivity index (χ3n) is 2.92. The molecule has 0 saturated heterocycles. The van der Waals surface area contributed by atoms with E-state index in [0.717, 1.165) is 0 Å². The normalized spacial score (nSPS) is 12.2. The first-order chi connectivity index (χ1) is 9.47. The second-order valence-electron chi connectivity index (χ2n) is 4.19. The highest BCUT2D eigenvalue weighted by Crippen LogP contribution is 2.23. The summed E-state index contributed by atoms with van der Waals surface area (Å²) in [6.45, 7) is 1.60. The van der Waals surface area contributed by atoms with Crippen LogP contribution in [-0.4, -0.2) is 48.6 Å². The Labute approximate surface area is 114 Å². The molecule has 0 saturated carbocycles. The minimum absolute atomic E-state index is 0.195. The monoisotopic (exact) mass is 278 g/mol. The molecule has 0 spiro atoms. The van der Waals surface area contributed by atoms with Crippen molar-refractivity contribution in [1.29, 1.82) is 0 Å². The van der Waals surface area contributed by atoms with E-state index in [2.05, 4.69) is 20.6 Å². The molecule has 20 heavy (non-hydrogen) atoms. The first-order valence-electron chi connectivity index (χ1n) is 5.85. The zero-order valence-electron chi connectivity index (χ0n) is 11.2. The van der Waals surface area contributed by atoms with Crippen LogP contribution in [0.2, 0.25) is 0 Å². The number of nitrogens with one attached hydrogen (secondary N) is 1. The molecule has 0 radical (unpaired) electrons. The van der Waals surface area contributed by atoms with Crippen LogP contribution in [0, 0.1) is 0 Å². The topological polar surface area (TPSA) is 115 Å². The van der Waals surface area contributed by atoms with Gasteiger partial charge in [-0.1, -0.05) is 5.21 Å². The highest BCUT2D eigenvalue weighted by molar-refractivity contribution is 5.92. The van der Waals surface area contributed by atoms with E-state index in [0.29, 0.717) is 5.82 Å². The molecule has 9 nitrogen and oxygen atoms in total. The Morgan fingerprint density at radius 3 is 2.65 bits per heavy atom. The molecule has 1 amide bonds. The first-order valence-corrected chi connectivity index (χ1v) is 5.85. The number of carboxylic acid groups (broad SMARTS) is 1. The number of hydrogen-bond acceptors (Lipinski definition) is 5. The molecule has 0 bridgehead atoms. The SMILES string of the molecule is CNC(=O)C(C)n1nnc(C(=O)O)c1-c1nccn1C. The van der Waals surface area contributed by atoms with Gasteiger partial charge in [-0.25, -0.2) is 14.5 Å². The standard InChI is InChI=1S/C11H14N6O3/c1-6(10(18)12-2)17-8(7(11(19)20)14-15-17)9-13-4-5-16(9)3/h4-6H,1-3H3,(H,12,18)(H,19,20). The summed E-state index contributed by atoms with van der Waals surface area (Å²) in [5.41, 5.74) is -0.0452. The molecule has 1 atom stereocenters. The van der Waals surface area contributed by atoms with Crippen molar-refractivity contribution >= 4 is 11.9 Å². The van der Waals surface area contributed by atoms with E-state index in [1.165, 1.54) is 17.9 Å². The molecule has 2 N–H and O–H groups in total. The average molecular weight is 278 g/mol. The summed E-state index contributed by atoms with van der Waals surface area (Å²) < 4.78 is 2.89. The Morgan fingerprint density at radius 2 is 2.15 bits per heavy atom. The first kappa shape index (κ1) is 13.7. The molecule has 2 aromatic heterocycles. The number of aromatic nitrogens is 5. The largest absolute Gasteiger partial charge is 0.476 e. The van der Waals surface area contributed by atoms with Crippen LogP contribution in [0.1, 0.15) is 23.5 Å². The van der Waals surface area contributed by atoms with Crippen molar-refractivity contribution in [3.63, 3.8) is 0 Å². The molecule has 0 aliphatic carbocycles. The zero-order chi connectivity index (χ0) is 14.9. The smallest absolute Gasteiger partial charge is 0.358 e. The number of carboxylic acids is 1. The molecule has 2 heterocycles. The van der Waals surface area contributed by atoms with E-state index in [1.807, 2.05) is 0 Å². The molecule has 2 aromatic rings. The van der Waals surface area contributed by atoms with E-state index in [1.54, 1.807) is 24.7 Å². The van der Waals surface area contributed by atoms with E-state index in [4.69, 9.17) is 0 Å². The summed E-state index contributed by atoms with van der Waals surface area (Å²) in [6, 6.07) is -0.702. The van der Waals surface area contributed by atoms with Crippen LogP contribution >= 0.6 is 0 Å². The number of amides is 1. The van der Waals surface area contributed by atoms with Gasteiger partial charge in [0.05, 0.1) is 0 Å². The molecule has 106 valence electrons. The van der Waals surface area contributed by atoms with E-state index >= 15 is 0 Å². The molecule has 0 aliphatic rings. The summed E-state index contributed by atoms with van der Waals surface area (Å²) >= 11 is 0. The molecule has 2 rings (SSSR count). The van der Waals surface area contributed by atoms with Crippen LogP contribution in [0.15, 0.2) is 12.4 Å². The Kier molecular flexibility index (Phi) is 3.51. The third-order valence-corrected chi connectivity index (χ3v) is 2.92. The lowest BCUT2D eigenvalue weighted by Gasteiger charge is -2.13. The van der Waals surface area contributed by atoms with Gasteiger partial charge in [0.15, 0.2) is 5.82 Å². The van der Waals surface area contributed by atoms with Crippen molar-refractivity contribution in [2.45, 2.75) is 13.0 Å². The van der Waals surface area contributed by atoms with E-state index in [9.17, 15) is 14.7 Å². The van der Waals surface area contributed by atoms with Crippen LogP contribution in [0.25, 0.3) is 11.5 Å². The Morgan fingerprint density at radius 1 is 1.45 bits per heavy atom. The molecule has 0 fully saturated rings. The highest BCUT2D eigenvalue weighted by Gasteiger charge is 2.28. The minimum Gasteiger partial charge on any atom is -0.476 e. The van der Waals surface area contributed by atoms with Crippen molar-refractivity contribution in [3.05, 3.63) is 18.1 Å². The van der Waals surface area contributed by atoms with Crippen LogP contribution in [0.4, 0.5) is 0 Å². The number of aryl methyl sites for hydroxylation is 1. The van der Waals surface area contributed by atoms with Gasteiger partial charge in [-0.05, 0) is 6.92 Å². The fourth-order valence-electron chi connectivity index (χ4n) is 1.83. The maximum absolute atomic E-state index is 11.7. The summed E-state index contributed by atoms with van der Waals surface area (Å²) in [6.07, 6.45) is 3.20. The Bertz CT molecular complexity index is 659. The lowest BCUT2D eigenvalue weighted by molar-refractivity contribution is -0.123. The van der Waals surface area contributed by atoms with Gasteiger partial charge in [0.1, 0.15) is 11.7 Å². The highest BCUT2D eigenvalue weighted by atomic mass is 16.4. The summed E-state index contributed by atoms with van der Waals surface area (Å²) in [4.78, 5) is 27.1. The Balaban J connectivity index is 2.63. The number of nitrogens with zero attached hydrogens (tertiary/aromatic N) is 5. The number of aromatic carboxylic acids is 1. The lowest BCUT2D eigenvalue weighted by atomic mass is 10.2. The maximum atomic E-state index is 11.7.